The molecule has 0 saturated carbocycles. The van der Waals surface area contributed by atoms with Crippen LogP contribution >= 0.6 is 11.3 Å². The molecule has 0 amide bonds. The summed E-state index contributed by atoms with van der Waals surface area (Å²) in [6.07, 6.45) is 3.57. The lowest BCUT2D eigenvalue weighted by Gasteiger charge is -2.42. The molecule has 2 aromatic carbocycles. The van der Waals surface area contributed by atoms with Gasteiger partial charge in [0.15, 0.2) is 0 Å². The van der Waals surface area contributed by atoms with E-state index in [2.05, 4.69) is 15.0 Å². The second kappa shape index (κ2) is 8.74. The maximum absolute atomic E-state index is 14.9. The van der Waals surface area contributed by atoms with Gasteiger partial charge in [0.2, 0.25) is 0 Å². The Morgan fingerprint density at radius 2 is 2.00 bits per heavy atom. The van der Waals surface area contributed by atoms with Crippen LogP contribution in [0.5, 0.6) is 0 Å². The molecular weight excluding hydrogens is 444 g/mol. The number of thiazole rings is 1. The SMILES string of the molecule is C[C@@H](N1CCc2nc(-c3ccccc3)sc2C1)[C@](O)(Cn1cncn1)c1ccc(F)cc1F. The summed E-state index contributed by atoms with van der Waals surface area (Å²) in [5, 5.41) is 16.9. The van der Waals surface area contributed by atoms with Crippen LogP contribution in [-0.2, 0) is 25.1 Å². The van der Waals surface area contributed by atoms with Crippen LogP contribution in [0.25, 0.3) is 10.6 Å². The lowest BCUT2D eigenvalue weighted by atomic mass is 9.85. The summed E-state index contributed by atoms with van der Waals surface area (Å²) in [6.45, 7) is 3.10. The summed E-state index contributed by atoms with van der Waals surface area (Å²) >= 11 is 1.64. The van der Waals surface area contributed by atoms with E-state index in [0.29, 0.717) is 13.1 Å². The first-order chi connectivity index (χ1) is 15.9. The van der Waals surface area contributed by atoms with Crippen molar-refractivity contribution in [3.05, 3.63) is 89.0 Å². The minimum Gasteiger partial charge on any atom is -0.381 e. The fraction of sp³-hybridized carbons (Fsp3) is 0.292. The summed E-state index contributed by atoms with van der Waals surface area (Å²) < 4.78 is 29.9. The van der Waals surface area contributed by atoms with Gasteiger partial charge < -0.3 is 5.11 Å². The zero-order valence-corrected chi connectivity index (χ0v) is 18.8. The summed E-state index contributed by atoms with van der Waals surface area (Å²) in [5.74, 6) is -1.47. The Labute approximate surface area is 194 Å². The average Bonchev–Trinajstić information content (AvgIpc) is 3.48. The summed E-state index contributed by atoms with van der Waals surface area (Å²) in [7, 11) is 0. The fourth-order valence-electron chi connectivity index (χ4n) is 4.40. The van der Waals surface area contributed by atoms with Crippen molar-refractivity contribution in [2.24, 2.45) is 0 Å². The number of hydrogen-bond acceptors (Lipinski definition) is 6. The van der Waals surface area contributed by atoms with Crippen molar-refractivity contribution >= 4 is 11.3 Å². The van der Waals surface area contributed by atoms with E-state index in [1.165, 1.54) is 29.5 Å². The van der Waals surface area contributed by atoms with E-state index >= 15 is 0 Å². The maximum atomic E-state index is 14.9. The van der Waals surface area contributed by atoms with E-state index in [-0.39, 0.29) is 12.1 Å². The number of hydrogen-bond donors (Lipinski definition) is 1. The minimum atomic E-state index is -1.66. The molecular formula is C24H23F2N5OS. The van der Waals surface area contributed by atoms with Crippen LogP contribution in [0, 0.1) is 11.6 Å². The van der Waals surface area contributed by atoms with E-state index in [1.54, 1.807) is 11.3 Å². The van der Waals surface area contributed by atoms with Crippen molar-refractivity contribution in [2.75, 3.05) is 6.54 Å². The third kappa shape index (κ3) is 4.19. The fourth-order valence-corrected chi connectivity index (χ4v) is 5.54. The summed E-state index contributed by atoms with van der Waals surface area (Å²) in [4.78, 5) is 12.0. The second-order valence-corrected chi connectivity index (χ2v) is 9.38. The molecule has 0 aliphatic carbocycles. The Hall–Kier alpha value is -3.01. The molecule has 4 aromatic rings. The number of aliphatic hydroxyl groups is 1. The molecule has 33 heavy (non-hydrogen) atoms. The van der Waals surface area contributed by atoms with Crippen LogP contribution in [0.2, 0.25) is 0 Å². The Bertz CT molecular complexity index is 1250. The van der Waals surface area contributed by atoms with Gasteiger partial charge in [-0.2, -0.15) is 5.10 Å². The van der Waals surface area contributed by atoms with Gasteiger partial charge in [0, 0.05) is 47.6 Å². The first kappa shape index (κ1) is 21.8. The van der Waals surface area contributed by atoms with E-state index in [1.807, 2.05) is 37.3 Å². The predicted octanol–water partition coefficient (Wildman–Crippen LogP) is 4.01. The molecule has 6 nitrogen and oxygen atoms in total. The van der Waals surface area contributed by atoms with Crippen molar-refractivity contribution in [3.63, 3.8) is 0 Å². The zero-order chi connectivity index (χ0) is 23.0. The molecule has 1 aliphatic heterocycles. The van der Waals surface area contributed by atoms with Crippen molar-refractivity contribution < 1.29 is 13.9 Å². The highest BCUT2D eigenvalue weighted by Gasteiger charge is 2.43. The standard InChI is InChI=1S/C24H23F2N5OS/c1-16(24(32,13-31-15-27-14-28-31)19-8-7-18(25)11-20(19)26)30-10-9-21-22(12-30)33-23(29-21)17-5-3-2-4-6-17/h2-8,11,14-16,32H,9-10,12-13H2,1H3/t16-,24-/m1/s1. The van der Waals surface area contributed by atoms with Crippen LogP contribution < -0.4 is 0 Å². The van der Waals surface area contributed by atoms with E-state index in [0.717, 1.165) is 33.6 Å². The van der Waals surface area contributed by atoms with Gasteiger partial charge in [0.1, 0.15) is 34.9 Å². The van der Waals surface area contributed by atoms with Crippen LogP contribution in [0.3, 0.4) is 0 Å². The monoisotopic (exact) mass is 467 g/mol. The van der Waals surface area contributed by atoms with Crippen LogP contribution in [0.4, 0.5) is 8.78 Å². The smallest absolute Gasteiger partial charge is 0.137 e. The van der Waals surface area contributed by atoms with Crippen LogP contribution in [0.1, 0.15) is 23.1 Å². The van der Waals surface area contributed by atoms with Crippen molar-refractivity contribution in [1.82, 2.24) is 24.6 Å². The Morgan fingerprint density at radius 3 is 2.73 bits per heavy atom. The number of rotatable bonds is 6. The van der Waals surface area contributed by atoms with E-state index in [4.69, 9.17) is 4.98 Å². The highest BCUT2D eigenvalue weighted by Crippen LogP contribution is 2.37. The average molecular weight is 468 g/mol. The molecule has 0 radical (unpaired) electrons. The molecule has 1 aliphatic rings. The Kier molecular flexibility index (Phi) is 5.77. The van der Waals surface area contributed by atoms with Crippen molar-refractivity contribution in [1.29, 1.82) is 0 Å². The molecule has 0 unspecified atom stereocenters. The van der Waals surface area contributed by atoms with Gasteiger partial charge in [0.25, 0.3) is 0 Å². The van der Waals surface area contributed by atoms with Crippen LogP contribution in [-0.4, -0.2) is 42.3 Å². The van der Waals surface area contributed by atoms with E-state index < -0.39 is 23.3 Å². The topological polar surface area (TPSA) is 67.1 Å². The highest BCUT2D eigenvalue weighted by atomic mass is 32.1. The molecule has 0 bridgehead atoms. The van der Waals surface area contributed by atoms with Gasteiger partial charge in [0.05, 0.1) is 12.2 Å². The third-order valence-electron chi connectivity index (χ3n) is 6.29. The van der Waals surface area contributed by atoms with Crippen molar-refractivity contribution in [2.45, 2.75) is 38.1 Å². The molecule has 9 heteroatoms. The Morgan fingerprint density at radius 1 is 1.18 bits per heavy atom. The van der Waals surface area contributed by atoms with E-state index in [9.17, 15) is 13.9 Å². The predicted molar refractivity (Wildman–Crippen MR) is 121 cm³/mol. The third-order valence-corrected chi connectivity index (χ3v) is 7.42. The highest BCUT2D eigenvalue weighted by molar-refractivity contribution is 7.15. The van der Waals surface area contributed by atoms with Crippen LogP contribution in [0.15, 0.2) is 61.2 Å². The lowest BCUT2D eigenvalue weighted by Crippen LogP contribution is -2.53. The second-order valence-electron chi connectivity index (χ2n) is 8.29. The largest absolute Gasteiger partial charge is 0.381 e. The zero-order valence-electron chi connectivity index (χ0n) is 18.0. The number of aromatic nitrogens is 4. The maximum Gasteiger partial charge on any atom is 0.137 e. The molecule has 3 heterocycles. The molecule has 1 N–H and O–H groups in total. The first-order valence-corrected chi connectivity index (χ1v) is 11.5. The van der Waals surface area contributed by atoms with Gasteiger partial charge in [-0.3, -0.25) is 4.90 Å². The summed E-state index contributed by atoms with van der Waals surface area (Å²) in [6, 6.07) is 12.8. The molecule has 170 valence electrons. The Balaban J connectivity index is 1.46. The normalized spacial score (nSPS) is 16.8. The van der Waals surface area contributed by atoms with Crippen molar-refractivity contribution in [3.8, 4) is 10.6 Å². The molecule has 0 spiro atoms. The number of halogens is 2. The van der Waals surface area contributed by atoms with Gasteiger partial charge >= 0.3 is 0 Å². The van der Waals surface area contributed by atoms with Gasteiger partial charge in [-0.05, 0) is 13.0 Å². The lowest BCUT2D eigenvalue weighted by molar-refractivity contribution is -0.0675. The molecule has 2 aromatic heterocycles. The first-order valence-electron chi connectivity index (χ1n) is 10.7. The molecule has 0 saturated heterocycles. The minimum absolute atomic E-state index is 0.0158. The quantitative estimate of drug-likeness (QED) is 0.464. The molecule has 5 rings (SSSR count). The number of nitrogens with zero attached hydrogens (tertiary/aromatic N) is 5. The molecule has 2 atom stereocenters. The van der Waals surface area contributed by atoms with Gasteiger partial charge in [-0.1, -0.05) is 36.4 Å². The van der Waals surface area contributed by atoms with Gasteiger partial charge in [-0.15, -0.1) is 11.3 Å². The summed E-state index contributed by atoms with van der Waals surface area (Å²) in [5.41, 5.74) is 0.519. The van der Waals surface area contributed by atoms with Gasteiger partial charge in [-0.25, -0.2) is 23.4 Å². The number of benzene rings is 2. The molecule has 0 fully saturated rings. The number of fused-ring (bicyclic) bond motifs is 1.